The number of hydrogen-bond acceptors (Lipinski definition) is 3. The molecule has 2 saturated heterocycles. The van der Waals surface area contributed by atoms with E-state index in [2.05, 4.69) is 10.2 Å². The summed E-state index contributed by atoms with van der Waals surface area (Å²) in [5.74, 6) is 0.352. The van der Waals surface area contributed by atoms with Gasteiger partial charge in [0.25, 0.3) is 0 Å². The largest absolute Gasteiger partial charge is 0.508 e. The van der Waals surface area contributed by atoms with Gasteiger partial charge in [0.2, 0.25) is 0 Å². The number of rotatable bonds is 2. The zero-order valence-corrected chi connectivity index (χ0v) is 10.1. The van der Waals surface area contributed by atoms with Crippen molar-refractivity contribution < 1.29 is 5.11 Å². The van der Waals surface area contributed by atoms with Crippen LogP contribution in [0.2, 0.25) is 0 Å². The number of nitrogens with one attached hydrogen (secondary N) is 1. The minimum atomic E-state index is 0.352. The lowest BCUT2D eigenvalue weighted by Gasteiger charge is -2.23. The highest BCUT2D eigenvalue weighted by Crippen LogP contribution is 2.21. The van der Waals surface area contributed by atoms with Crippen molar-refractivity contribution in [3.05, 3.63) is 29.8 Å². The predicted molar refractivity (Wildman–Crippen MR) is 67.9 cm³/mol. The number of likely N-dealkylation sites (tertiary alicyclic amines) is 1. The molecule has 1 aromatic carbocycles. The second kappa shape index (κ2) is 4.67. The van der Waals surface area contributed by atoms with Crippen molar-refractivity contribution in [2.24, 2.45) is 0 Å². The first kappa shape index (κ1) is 11.1. The van der Waals surface area contributed by atoms with Gasteiger partial charge in [-0.3, -0.25) is 4.90 Å². The molecule has 3 nitrogen and oxygen atoms in total. The van der Waals surface area contributed by atoms with E-state index in [-0.39, 0.29) is 0 Å². The quantitative estimate of drug-likeness (QED) is 0.815. The number of phenolic OH excluding ortho intramolecular Hbond substituents is 1. The molecule has 2 atom stereocenters. The van der Waals surface area contributed by atoms with E-state index in [0.717, 1.165) is 19.1 Å². The third-order valence-electron chi connectivity index (χ3n) is 3.95. The fourth-order valence-corrected chi connectivity index (χ4v) is 3.02. The van der Waals surface area contributed by atoms with Gasteiger partial charge in [0.15, 0.2) is 0 Å². The van der Waals surface area contributed by atoms with Crippen LogP contribution >= 0.6 is 0 Å². The average Bonchev–Trinajstić information content (AvgIpc) is 2.66. The summed E-state index contributed by atoms with van der Waals surface area (Å²) >= 11 is 0. The van der Waals surface area contributed by atoms with Gasteiger partial charge in [0.1, 0.15) is 5.75 Å². The highest BCUT2D eigenvalue weighted by Gasteiger charge is 2.28. The number of nitrogens with zero attached hydrogens (tertiary/aromatic N) is 1. The molecule has 2 aliphatic rings. The Morgan fingerprint density at radius 1 is 1.12 bits per heavy atom. The van der Waals surface area contributed by atoms with Gasteiger partial charge >= 0.3 is 0 Å². The fraction of sp³-hybridized carbons (Fsp3) is 0.571. The number of hydrogen-bond donors (Lipinski definition) is 2. The Hall–Kier alpha value is -1.06. The lowest BCUT2D eigenvalue weighted by Crippen LogP contribution is -2.34. The lowest BCUT2D eigenvalue weighted by molar-refractivity contribution is 0.251. The second-order valence-electron chi connectivity index (χ2n) is 5.33. The van der Waals surface area contributed by atoms with E-state index < -0.39 is 0 Å². The minimum absolute atomic E-state index is 0.352. The topological polar surface area (TPSA) is 35.5 Å². The third-order valence-corrected chi connectivity index (χ3v) is 3.95. The fourth-order valence-electron chi connectivity index (χ4n) is 3.02. The maximum Gasteiger partial charge on any atom is 0.115 e. The molecule has 0 spiro atoms. The van der Waals surface area contributed by atoms with Crippen molar-refractivity contribution in [2.45, 2.75) is 37.9 Å². The molecule has 17 heavy (non-hydrogen) atoms. The molecule has 2 heterocycles. The summed E-state index contributed by atoms with van der Waals surface area (Å²) in [6.07, 6.45) is 3.96. The molecule has 0 aliphatic carbocycles. The Bertz CT molecular complexity index is 376. The highest BCUT2D eigenvalue weighted by molar-refractivity contribution is 5.25. The molecule has 2 bridgehead atoms. The van der Waals surface area contributed by atoms with E-state index in [9.17, 15) is 5.11 Å². The van der Waals surface area contributed by atoms with Crippen molar-refractivity contribution in [2.75, 3.05) is 13.1 Å². The molecule has 2 fully saturated rings. The number of benzene rings is 1. The van der Waals surface area contributed by atoms with Crippen LogP contribution in [0.4, 0.5) is 0 Å². The van der Waals surface area contributed by atoms with Crippen LogP contribution in [0.15, 0.2) is 24.3 Å². The van der Waals surface area contributed by atoms with Gasteiger partial charge in [-0.15, -0.1) is 0 Å². The maximum absolute atomic E-state index is 9.27. The van der Waals surface area contributed by atoms with Gasteiger partial charge in [-0.25, -0.2) is 0 Å². The molecule has 92 valence electrons. The number of phenols is 1. The Balaban J connectivity index is 1.63. The number of fused-ring (bicyclic) bond motifs is 2. The number of aromatic hydroxyl groups is 1. The SMILES string of the molecule is Oc1ccc(CN2CCC3CCC(C2)N3)cc1. The summed E-state index contributed by atoms with van der Waals surface area (Å²) < 4.78 is 0. The molecule has 3 heteroatoms. The first-order valence-corrected chi connectivity index (χ1v) is 6.56. The Morgan fingerprint density at radius 3 is 2.71 bits per heavy atom. The van der Waals surface area contributed by atoms with Gasteiger partial charge in [-0.1, -0.05) is 12.1 Å². The summed E-state index contributed by atoms with van der Waals surface area (Å²) in [6, 6.07) is 9.04. The summed E-state index contributed by atoms with van der Waals surface area (Å²) in [5.41, 5.74) is 1.29. The summed E-state index contributed by atoms with van der Waals surface area (Å²) in [4.78, 5) is 2.53. The van der Waals surface area contributed by atoms with Crippen LogP contribution in [-0.2, 0) is 6.54 Å². The van der Waals surface area contributed by atoms with E-state index in [1.165, 1.54) is 31.4 Å². The Kier molecular flexibility index (Phi) is 3.04. The summed E-state index contributed by atoms with van der Waals surface area (Å²) in [6.45, 7) is 3.36. The first-order valence-electron chi connectivity index (χ1n) is 6.56. The van der Waals surface area contributed by atoms with E-state index >= 15 is 0 Å². The highest BCUT2D eigenvalue weighted by atomic mass is 16.3. The monoisotopic (exact) mass is 232 g/mol. The van der Waals surface area contributed by atoms with Gasteiger partial charge in [0, 0.05) is 31.7 Å². The average molecular weight is 232 g/mol. The third kappa shape index (κ3) is 2.61. The van der Waals surface area contributed by atoms with E-state index in [1.807, 2.05) is 12.1 Å². The van der Waals surface area contributed by atoms with Crippen LogP contribution in [-0.4, -0.2) is 35.2 Å². The van der Waals surface area contributed by atoms with Gasteiger partial charge in [-0.05, 0) is 37.0 Å². The zero-order chi connectivity index (χ0) is 11.7. The molecule has 2 aliphatic heterocycles. The van der Waals surface area contributed by atoms with Crippen molar-refractivity contribution in [3.8, 4) is 5.75 Å². The maximum atomic E-state index is 9.27. The van der Waals surface area contributed by atoms with E-state index in [4.69, 9.17) is 0 Å². The lowest BCUT2D eigenvalue weighted by atomic mass is 10.1. The van der Waals surface area contributed by atoms with Crippen molar-refractivity contribution >= 4 is 0 Å². The van der Waals surface area contributed by atoms with Crippen LogP contribution in [0.3, 0.4) is 0 Å². The van der Waals surface area contributed by atoms with Crippen molar-refractivity contribution in [3.63, 3.8) is 0 Å². The molecule has 2 unspecified atom stereocenters. The van der Waals surface area contributed by atoms with Gasteiger partial charge in [-0.2, -0.15) is 0 Å². The Labute approximate surface area is 102 Å². The standard InChI is InChI=1S/C14H20N2O/c17-14-5-1-11(2-6-14)9-16-8-7-12-3-4-13(10-16)15-12/h1-2,5-6,12-13,15,17H,3-4,7-10H2. The van der Waals surface area contributed by atoms with Crippen molar-refractivity contribution in [1.82, 2.24) is 10.2 Å². The predicted octanol–water partition coefficient (Wildman–Crippen LogP) is 1.72. The van der Waals surface area contributed by atoms with Gasteiger partial charge in [0.05, 0.1) is 0 Å². The van der Waals surface area contributed by atoms with Gasteiger partial charge < -0.3 is 10.4 Å². The molecule has 0 saturated carbocycles. The van der Waals surface area contributed by atoms with E-state index in [1.54, 1.807) is 12.1 Å². The molecular weight excluding hydrogens is 212 g/mol. The summed E-state index contributed by atoms with van der Waals surface area (Å²) in [5, 5.41) is 13.0. The van der Waals surface area contributed by atoms with Crippen LogP contribution in [0.5, 0.6) is 5.75 Å². The molecule has 1 aromatic rings. The molecule has 0 aromatic heterocycles. The second-order valence-corrected chi connectivity index (χ2v) is 5.33. The molecule has 0 radical (unpaired) electrons. The van der Waals surface area contributed by atoms with E-state index in [0.29, 0.717) is 11.8 Å². The molecular formula is C14H20N2O. The minimum Gasteiger partial charge on any atom is -0.508 e. The normalized spacial score (nSPS) is 29.2. The van der Waals surface area contributed by atoms with Crippen molar-refractivity contribution in [1.29, 1.82) is 0 Å². The van der Waals surface area contributed by atoms with Crippen LogP contribution in [0.1, 0.15) is 24.8 Å². The Morgan fingerprint density at radius 2 is 1.88 bits per heavy atom. The molecule has 3 rings (SSSR count). The van der Waals surface area contributed by atoms with Crippen LogP contribution in [0.25, 0.3) is 0 Å². The first-order chi connectivity index (χ1) is 8.29. The van der Waals surface area contributed by atoms with Crippen LogP contribution in [0, 0.1) is 0 Å². The van der Waals surface area contributed by atoms with Crippen LogP contribution < -0.4 is 5.32 Å². The summed E-state index contributed by atoms with van der Waals surface area (Å²) in [7, 11) is 0. The molecule has 0 amide bonds. The molecule has 2 N–H and O–H groups in total. The smallest absolute Gasteiger partial charge is 0.115 e. The zero-order valence-electron chi connectivity index (χ0n) is 10.1.